The third-order valence-corrected chi connectivity index (χ3v) is 4.73. The van der Waals surface area contributed by atoms with E-state index in [1.807, 2.05) is 24.3 Å². The topological polar surface area (TPSA) is 73.9 Å². The molecule has 0 spiro atoms. The Hall–Kier alpha value is -1.83. The molecule has 136 valence electrons. The van der Waals surface area contributed by atoms with E-state index in [1.165, 1.54) is 0 Å². The van der Waals surface area contributed by atoms with Gasteiger partial charge in [0.25, 0.3) is 0 Å². The number of hydrogen-bond donors (Lipinski definition) is 2. The molecule has 1 unspecified atom stereocenters. The molecule has 0 aromatic heterocycles. The molecule has 2 fully saturated rings. The summed E-state index contributed by atoms with van der Waals surface area (Å²) in [6.45, 7) is 4.44. The smallest absolute Gasteiger partial charge is 0.242 e. The molecule has 1 aromatic rings. The van der Waals surface area contributed by atoms with Crippen molar-refractivity contribution in [1.29, 1.82) is 0 Å². The number of nitrogens with one attached hydrogen (secondary N) is 2. The van der Waals surface area contributed by atoms with Crippen LogP contribution in [0.4, 0.5) is 5.69 Å². The average molecular weight is 367 g/mol. The summed E-state index contributed by atoms with van der Waals surface area (Å²) in [5.74, 6) is -0.242. The second kappa shape index (κ2) is 8.51. The Balaban J connectivity index is 1.42. The maximum absolute atomic E-state index is 12.3. The van der Waals surface area contributed by atoms with Gasteiger partial charge in [-0.15, -0.1) is 0 Å². The normalized spacial score (nSPS) is 21.1. The van der Waals surface area contributed by atoms with E-state index in [0.717, 1.165) is 18.8 Å². The van der Waals surface area contributed by atoms with Gasteiger partial charge in [-0.05, 0) is 24.3 Å². The van der Waals surface area contributed by atoms with Crippen molar-refractivity contribution in [3.63, 3.8) is 0 Å². The van der Waals surface area contributed by atoms with Gasteiger partial charge in [0.15, 0.2) is 0 Å². The van der Waals surface area contributed by atoms with E-state index in [-0.39, 0.29) is 24.4 Å². The van der Waals surface area contributed by atoms with Crippen LogP contribution in [0.2, 0.25) is 5.02 Å². The first kappa shape index (κ1) is 18.0. The molecule has 2 aliphatic heterocycles. The maximum Gasteiger partial charge on any atom is 0.242 e. The minimum absolute atomic E-state index is 0.0258. The SMILES string of the molecule is O=C(NCC(=O)N1CCN(c2ccc(Cl)cc2)CC1)C1COCCN1. The highest BCUT2D eigenvalue weighted by Gasteiger charge is 2.24. The van der Waals surface area contributed by atoms with Crippen molar-refractivity contribution in [2.24, 2.45) is 0 Å². The van der Waals surface area contributed by atoms with E-state index < -0.39 is 0 Å². The van der Waals surface area contributed by atoms with E-state index in [1.54, 1.807) is 4.90 Å². The number of morpholine rings is 1. The van der Waals surface area contributed by atoms with E-state index >= 15 is 0 Å². The van der Waals surface area contributed by atoms with Gasteiger partial charge in [-0.1, -0.05) is 11.6 Å². The van der Waals surface area contributed by atoms with Crippen LogP contribution < -0.4 is 15.5 Å². The number of piperazine rings is 1. The van der Waals surface area contributed by atoms with Crippen molar-refractivity contribution in [3.8, 4) is 0 Å². The molecule has 25 heavy (non-hydrogen) atoms. The lowest BCUT2D eigenvalue weighted by Crippen LogP contribution is -2.54. The zero-order chi connectivity index (χ0) is 17.6. The third-order valence-electron chi connectivity index (χ3n) is 4.48. The van der Waals surface area contributed by atoms with Crippen LogP contribution >= 0.6 is 11.6 Å². The van der Waals surface area contributed by atoms with Crippen LogP contribution in [0.5, 0.6) is 0 Å². The van der Waals surface area contributed by atoms with Gasteiger partial charge in [-0.2, -0.15) is 0 Å². The lowest BCUT2D eigenvalue weighted by Gasteiger charge is -2.36. The summed E-state index contributed by atoms with van der Waals surface area (Å²) in [7, 11) is 0. The van der Waals surface area contributed by atoms with Crippen molar-refractivity contribution >= 4 is 29.1 Å². The predicted molar refractivity (Wildman–Crippen MR) is 95.9 cm³/mol. The number of carbonyl (C=O) groups excluding carboxylic acids is 2. The Bertz CT molecular complexity index is 596. The Morgan fingerprint density at radius 2 is 1.92 bits per heavy atom. The van der Waals surface area contributed by atoms with E-state index in [2.05, 4.69) is 15.5 Å². The average Bonchev–Trinajstić information content (AvgIpc) is 2.67. The second-order valence-electron chi connectivity index (χ2n) is 6.14. The zero-order valence-corrected chi connectivity index (χ0v) is 14.8. The molecule has 2 aliphatic rings. The highest BCUT2D eigenvalue weighted by molar-refractivity contribution is 6.30. The number of anilines is 1. The number of halogens is 1. The maximum atomic E-state index is 12.3. The van der Waals surface area contributed by atoms with Crippen molar-refractivity contribution in [3.05, 3.63) is 29.3 Å². The Kier molecular flexibility index (Phi) is 6.12. The van der Waals surface area contributed by atoms with Crippen LogP contribution in [0.3, 0.4) is 0 Å². The molecule has 7 nitrogen and oxygen atoms in total. The van der Waals surface area contributed by atoms with Gasteiger partial charge in [0, 0.05) is 43.4 Å². The number of nitrogens with zero attached hydrogens (tertiary/aromatic N) is 2. The molecule has 2 heterocycles. The minimum atomic E-state index is -0.372. The van der Waals surface area contributed by atoms with Gasteiger partial charge in [-0.3, -0.25) is 9.59 Å². The first-order chi connectivity index (χ1) is 12.1. The predicted octanol–water partition coefficient (Wildman–Crippen LogP) is 0.0932. The summed E-state index contributed by atoms with van der Waals surface area (Å²) < 4.78 is 5.26. The van der Waals surface area contributed by atoms with Gasteiger partial charge < -0.3 is 25.2 Å². The summed E-state index contributed by atoms with van der Waals surface area (Å²) in [4.78, 5) is 28.3. The molecular weight excluding hydrogens is 344 g/mol. The van der Waals surface area contributed by atoms with Gasteiger partial charge in [-0.25, -0.2) is 0 Å². The van der Waals surface area contributed by atoms with Gasteiger partial charge in [0.2, 0.25) is 11.8 Å². The third kappa shape index (κ3) is 4.84. The molecule has 1 atom stereocenters. The molecule has 2 N–H and O–H groups in total. The van der Waals surface area contributed by atoms with E-state index in [4.69, 9.17) is 16.3 Å². The van der Waals surface area contributed by atoms with Crippen LogP contribution in [-0.2, 0) is 14.3 Å². The van der Waals surface area contributed by atoms with Crippen LogP contribution in [0.25, 0.3) is 0 Å². The summed E-state index contributed by atoms with van der Waals surface area (Å²) in [6.07, 6.45) is 0. The number of benzene rings is 1. The summed E-state index contributed by atoms with van der Waals surface area (Å²) >= 11 is 5.91. The second-order valence-corrected chi connectivity index (χ2v) is 6.58. The first-order valence-electron chi connectivity index (χ1n) is 8.50. The quantitative estimate of drug-likeness (QED) is 0.790. The standard InChI is InChI=1S/C17H23ClN4O3/c18-13-1-3-14(4-2-13)21-6-8-22(9-7-21)16(23)11-20-17(24)15-12-25-10-5-19-15/h1-4,15,19H,5-12H2,(H,20,24). The van der Waals surface area contributed by atoms with Crippen LogP contribution in [-0.4, -0.2) is 75.2 Å². The number of rotatable bonds is 4. The molecule has 3 rings (SSSR count). The fourth-order valence-corrected chi connectivity index (χ4v) is 3.12. The fourth-order valence-electron chi connectivity index (χ4n) is 3.00. The molecule has 8 heteroatoms. The van der Waals surface area contributed by atoms with Crippen LogP contribution in [0.15, 0.2) is 24.3 Å². The fraction of sp³-hybridized carbons (Fsp3) is 0.529. The molecule has 0 aliphatic carbocycles. The van der Waals surface area contributed by atoms with Crippen molar-refractivity contribution in [2.45, 2.75) is 6.04 Å². The molecule has 0 radical (unpaired) electrons. The van der Waals surface area contributed by atoms with Crippen LogP contribution in [0, 0.1) is 0 Å². The molecule has 1 aromatic carbocycles. The van der Waals surface area contributed by atoms with E-state index in [0.29, 0.717) is 37.9 Å². The lowest BCUT2D eigenvalue weighted by molar-refractivity contribution is -0.134. The number of ether oxygens (including phenoxy) is 1. The van der Waals surface area contributed by atoms with Crippen molar-refractivity contribution in [1.82, 2.24) is 15.5 Å². The largest absolute Gasteiger partial charge is 0.378 e. The molecular formula is C17H23ClN4O3. The van der Waals surface area contributed by atoms with E-state index in [9.17, 15) is 9.59 Å². The van der Waals surface area contributed by atoms with Crippen molar-refractivity contribution < 1.29 is 14.3 Å². The highest BCUT2D eigenvalue weighted by Crippen LogP contribution is 2.19. The lowest BCUT2D eigenvalue weighted by atomic mass is 10.2. The van der Waals surface area contributed by atoms with Crippen LogP contribution in [0.1, 0.15) is 0 Å². The number of hydrogen-bond acceptors (Lipinski definition) is 5. The Morgan fingerprint density at radius 1 is 1.20 bits per heavy atom. The molecule has 0 saturated carbocycles. The Labute approximate surface area is 152 Å². The van der Waals surface area contributed by atoms with Crippen molar-refractivity contribution in [2.75, 3.05) is 57.4 Å². The van der Waals surface area contributed by atoms with Gasteiger partial charge in [0.05, 0.1) is 19.8 Å². The monoisotopic (exact) mass is 366 g/mol. The van der Waals surface area contributed by atoms with Gasteiger partial charge >= 0.3 is 0 Å². The van der Waals surface area contributed by atoms with Gasteiger partial charge in [0.1, 0.15) is 6.04 Å². The molecule has 2 saturated heterocycles. The summed E-state index contributed by atoms with van der Waals surface area (Å²) in [5.41, 5.74) is 1.10. The number of amides is 2. The zero-order valence-electron chi connectivity index (χ0n) is 14.0. The summed E-state index contributed by atoms with van der Waals surface area (Å²) in [5, 5.41) is 6.48. The molecule has 0 bridgehead atoms. The minimum Gasteiger partial charge on any atom is -0.378 e. The summed E-state index contributed by atoms with van der Waals surface area (Å²) in [6, 6.07) is 7.33. The first-order valence-corrected chi connectivity index (χ1v) is 8.88. The Morgan fingerprint density at radius 3 is 2.56 bits per heavy atom. The molecule has 2 amide bonds. The highest BCUT2D eigenvalue weighted by atomic mass is 35.5. The number of carbonyl (C=O) groups is 2.